The van der Waals surface area contributed by atoms with E-state index >= 15 is 0 Å². The van der Waals surface area contributed by atoms with Gasteiger partial charge in [0.15, 0.2) is 11.0 Å². The first-order chi connectivity index (χ1) is 14.5. The first kappa shape index (κ1) is 20.0. The number of aromatic hydroxyl groups is 2. The third-order valence-corrected chi connectivity index (χ3v) is 5.77. The molecule has 0 amide bonds. The van der Waals surface area contributed by atoms with Crippen LogP contribution in [0.15, 0.2) is 72.1 Å². The maximum Gasteiger partial charge on any atom is 0.196 e. The van der Waals surface area contributed by atoms with Crippen LogP contribution in [0.3, 0.4) is 0 Å². The molecular weight excluding hydrogens is 396 g/mol. The van der Waals surface area contributed by atoms with Crippen LogP contribution in [0.25, 0.3) is 17.1 Å². The van der Waals surface area contributed by atoms with Crippen molar-refractivity contribution in [1.29, 1.82) is 0 Å². The zero-order valence-electron chi connectivity index (χ0n) is 16.7. The van der Waals surface area contributed by atoms with Gasteiger partial charge in [0, 0.05) is 29.9 Å². The second-order valence-corrected chi connectivity index (χ2v) is 8.15. The Labute approximate surface area is 179 Å². The van der Waals surface area contributed by atoms with Gasteiger partial charge in [-0.1, -0.05) is 43.8 Å². The fraction of sp³-hybridized carbons (Fsp3) is 0.174. The van der Waals surface area contributed by atoms with Crippen LogP contribution in [0.4, 0.5) is 0 Å². The summed E-state index contributed by atoms with van der Waals surface area (Å²) < 4.78 is 1.93. The summed E-state index contributed by atoms with van der Waals surface area (Å²) in [6.45, 7) is 3.99. The molecule has 0 radical (unpaired) electrons. The summed E-state index contributed by atoms with van der Waals surface area (Å²) in [7, 11) is 0. The highest BCUT2D eigenvalue weighted by Crippen LogP contribution is 2.39. The number of aromatic nitrogens is 4. The predicted molar refractivity (Wildman–Crippen MR) is 118 cm³/mol. The molecule has 4 aromatic rings. The maximum absolute atomic E-state index is 10.6. The second-order valence-electron chi connectivity index (χ2n) is 7.20. The molecule has 0 atom stereocenters. The minimum absolute atomic E-state index is 0.0350. The molecule has 6 nitrogen and oxygen atoms in total. The van der Waals surface area contributed by atoms with E-state index in [9.17, 15) is 10.2 Å². The largest absolute Gasteiger partial charge is 0.508 e. The molecule has 0 spiro atoms. The van der Waals surface area contributed by atoms with Crippen LogP contribution in [-0.4, -0.2) is 30.0 Å². The summed E-state index contributed by atoms with van der Waals surface area (Å²) in [4.78, 5) is 4.06. The van der Waals surface area contributed by atoms with E-state index < -0.39 is 0 Å². The highest BCUT2D eigenvalue weighted by atomic mass is 32.2. The number of thioether (sulfide) groups is 1. The molecule has 2 aromatic carbocycles. The second kappa shape index (κ2) is 8.59. The summed E-state index contributed by atoms with van der Waals surface area (Å²) in [6, 6.07) is 16.9. The molecule has 0 fully saturated rings. The molecule has 2 N–H and O–H groups in total. The van der Waals surface area contributed by atoms with Crippen molar-refractivity contribution >= 4 is 11.8 Å². The highest BCUT2D eigenvalue weighted by molar-refractivity contribution is 7.98. The van der Waals surface area contributed by atoms with Gasteiger partial charge < -0.3 is 10.2 Å². The average molecular weight is 419 g/mol. The molecule has 0 aliphatic carbocycles. The number of pyridine rings is 1. The van der Waals surface area contributed by atoms with E-state index in [1.807, 2.05) is 60.9 Å². The van der Waals surface area contributed by atoms with Crippen molar-refractivity contribution in [3.63, 3.8) is 0 Å². The zero-order chi connectivity index (χ0) is 21.1. The molecule has 0 unspecified atom stereocenters. The molecule has 2 aromatic heterocycles. The zero-order valence-corrected chi connectivity index (χ0v) is 17.5. The van der Waals surface area contributed by atoms with Crippen molar-refractivity contribution in [3.05, 3.63) is 78.1 Å². The van der Waals surface area contributed by atoms with Crippen LogP contribution in [0.2, 0.25) is 0 Å². The van der Waals surface area contributed by atoms with E-state index in [-0.39, 0.29) is 17.4 Å². The number of rotatable bonds is 6. The van der Waals surface area contributed by atoms with Crippen LogP contribution in [0.1, 0.15) is 30.9 Å². The Hall–Kier alpha value is -3.32. The average Bonchev–Trinajstić information content (AvgIpc) is 3.17. The number of nitrogens with zero attached hydrogens (tertiary/aromatic N) is 4. The Morgan fingerprint density at radius 2 is 1.67 bits per heavy atom. The Bertz CT molecular complexity index is 1140. The Kier molecular flexibility index (Phi) is 5.72. The Morgan fingerprint density at radius 1 is 0.933 bits per heavy atom. The van der Waals surface area contributed by atoms with E-state index in [1.54, 1.807) is 30.2 Å². The van der Waals surface area contributed by atoms with Crippen molar-refractivity contribution in [2.45, 2.75) is 30.7 Å². The van der Waals surface area contributed by atoms with Crippen molar-refractivity contribution < 1.29 is 10.2 Å². The number of benzene rings is 2. The number of phenols is 2. The fourth-order valence-electron chi connectivity index (χ4n) is 3.21. The summed E-state index contributed by atoms with van der Waals surface area (Å²) >= 11 is 1.56. The highest BCUT2D eigenvalue weighted by Gasteiger charge is 2.21. The molecule has 0 saturated carbocycles. The number of hydrogen-bond acceptors (Lipinski definition) is 6. The van der Waals surface area contributed by atoms with Crippen LogP contribution < -0.4 is 0 Å². The standard InChI is InChI=1S/C23H22N4O2S/c1-15(2)18-12-19(21(29)13-20(18)28)22-25-26-23(27(22)17-6-4-3-5-7-17)30-14-16-8-10-24-11-9-16/h3-13,15,28-29H,14H2,1-2H3. The molecule has 2 heterocycles. The first-order valence-electron chi connectivity index (χ1n) is 9.63. The summed E-state index contributed by atoms with van der Waals surface area (Å²) in [5, 5.41) is 30.3. The number of para-hydroxylation sites is 1. The van der Waals surface area contributed by atoms with Gasteiger partial charge in [-0.15, -0.1) is 10.2 Å². The summed E-state index contributed by atoms with van der Waals surface area (Å²) in [5.74, 6) is 1.37. The SMILES string of the molecule is CC(C)c1cc(-c2nnc(SCc3ccncc3)n2-c2ccccc2)c(O)cc1O. The molecule has 0 saturated heterocycles. The van der Waals surface area contributed by atoms with Gasteiger partial charge in [0.1, 0.15) is 11.5 Å². The third-order valence-electron chi connectivity index (χ3n) is 4.77. The third kappa shape index (κ3) is 4.02. The topological polar surface area (TPSA) is 84.1 Å². The maximum atomic E-state index is 10.6. The Morgan fingerprint density at radius 3 is 2.37 bits per heavy atom. The molecule has 0 bridgehead atoms. The quantitative estimate of drug-likeness (QED) is 0.421. The lowest BCUT2D eigenvalue weighted by atomic mass is 9.98. The van der Waals surface area contributed by atoms with Gasteiger partial charge in [-0.05, 0) is 47.4 Å². The fourth-order valence-corrected chi connectivity index (χ4v) is 4.12. The van der Waals surface area contributed by atoms with E-state index in [0.717, 1.165) is 16.8 Å². The van der Waals surface area contributed by atoms with Crippen molar-refractivity contribution in [1.82, 2.24) is 19.7 Å². The van der Waals surface area contributed by atoms with E-state index in [1.165, 1.54) is 6.07 Å². The van der Waals surface area contributed by atoms with Crippen LogP contribution >= 0.6 is 11.8 Å². The van der Waals surface area contributed by atoms with Crippen LogP contribution in [-0.2, 0) is 5.75 Å². The normalized spacial score (nSPS) is 11.2. The molecule has 152 valence electrons. The number of hydrogen-bond donors (Lipinski definition) is 2. The van der Waals surface area contributed by atoms with Gasteiger partial charge in [0.25, 0.3) is 0 Å². The summed E-state index contributed by atoms with van der Waals surface area (Å²) in [6.07, 6.45) is 3.54. The van der Waals surface area contributed by atoms with Crippen molar-refractivity contribution in [3.8, 4) is 28.6 Å². The van der Waals surface area contributed by atoms with E-state index in [4.69, 9.17) is 0 Å². The lowest BCUT2D eigenvalue weighted by Gasteiger charge is -2.14. The lowest BCUT2D eigenvalue weighted by molar-refractivity contribution is 0.444. The molecular formula is C23H22N4O2S. The molecule has 7 heteroatoms. The minimum Gasteiger partial charge on any atom is -0.508 e. The van der Waals surface area contributed by atoms with E-state index in [2.05, 4.69) is 15.2 Å². The monoisotopic (exact) mass is 418 g/mol. The van der Waals surface area contributed by atoms with Gasteiger partial charge in [0.2, 0.25) is 0 Å². The first-order valence-corrected chi connectivity index (χ1v) is 10.6. The minimum atomic E-state index is -0.0350. The van der Waals surface area contributed by atoms with Crippen molar-refractivity contribution in [2.75, 3.05) is 0 Å². The van der Waals surface area contributed by atoms with Gasteiger partial charge >= 0.3 is 0 Å². The predicted octanol–water partition coefficient (Wildman–Crippen LogP) is 5.16. The van der Waals surface area contributed by atoms with Gasteiger partial charge in [0.05, 0.1) is 5.56 Å². The molecule has 0 aliphatic rings. The molecule has 30 heavy (non-hydrogen) atoms. The van der Waals surface area contributed by atoms with Gasteiger partial charge in [-0.2, -0.15) is 0 Å². The molecule has 4 rings (SSSR count). The van der Waals surface area contributed by atoms with E-state index in [0.29, 0.717) is 22.3 Å². The lowest BCUT2D eigenvalue weighted by Crippen LogP contribution is -2.01. The number of phenolic OH excluding ortho intramolecular Hbond substituents is 2. The Balaban J connectivity index is 1.81. The smallest absolute Gasteiger partial charge is 0.196 e. The van der Waals surface area contributed by atoms with Gasteiger partial charge in [-0.3, -0.25) is 9.55 Å². The summed E-state index contributed by atoms with van der Waals surface area (Å²) in [5.41, 5.74) is 3.31. The van der Waals surface area contributed by atoms with Crippen LogP contribution in [0.5, 0.6) is 11.5 Å². The van der Waals surface area contributed by atoms with Crippen molar-refractivity contribution in [2.24, 2.45) is 0 Å². The molecule has 0 aliphatic heterocycles. The van der Waals surface area contributed by atoms with Gasteiger partial charge in [-0.25, -0.2) is 0 Å². The van der Waals surface area contributed by atoms with Crippen LogP contribution in [0, 0.1) is 0 Å².